The van der Waals surface area contributed by atoms with Crippen molar-refractivity contribution >= 4 is 5.69 Å². The van der Waals surface area contributed by atoms with Crippen molar-refractivity contribution in [2.24, 2.45) is 5.73 Å². The quantitative estimate of drug-likeness (QED) is 0.909. The van der Waals surface area contributed by atoms with E-state index in [1.165, 1.54) is 12.1 Å². The van der Waals surface area contributed by atoms with Gasteiger partial charge in [-0.1, -0.05) is 0 Å². The zero-order chi connectivity index (χ0) is 15.0. The lowest BCUT2D eigenvalue weighted by atomic mass is 10.0. The molecule has 3 nitrogen and oxygen atoms in total. The van der Waals surface area contributed by atoms with Gasteiger partial charge in [0, 0.05) is 25.3 Å². The van der Waals surface area contributed by atoms with Crippen molar-refractivity contribution in [3.63, 3.8) is 0 Å². The lowest BCUT2D eigenvalue weighted by molar-refractivity contribution is -0.138. The Morgan fingerprint density at radius 3 is 2.60 bits per heavy atom. The lowest BCUT2D eigenvalue weighted by Gasteiger charge is -2.39. The third-order valence-electron chi connectivity index (χ3n) is 3.40. The smallest absolute Gasteiger partial charge is 0.372 e. The Bertz CT molecular complexity index is 486. The second-order valence-corrected chi connectivity index (χ2v) is 5.57. The summed E-state index contributed by atoms with van der Waals surface area (Å²) in [6.07, 6.45) is -4.36. The molecule has 0 unspecified atom stereocenters. The maximum Gasteiger partial charge on any atom is 0.416 e. The summed E-state index contributed by atoms with van der Waals surface area (Å²) >= 11 is 0. The predicted octanol–water partition coefficient (Wildman–Crippen LogP) is 2.78. The first-order valence-electron chi connectivity index (χ1n) is 6.52. The molecule has 1 aromatic rings. The fourth-order valence-corrected chi connectivity index (χ4v) is 2.46. The SMILES string of the molecule is CC1(C)CN(c2ccc(C(F)(F)F)c(CN)c2)CCO1. The van der Waals surface area contributed by atoms with Crippen molar-refractivity contribution < 1.29 is 17.9 Å². The molecular weight excluding hydrogens is 269 g/mol. The van der Waals surface area contributed by atoms with Crippen LogP contribution in [0.25, 0.3) is 0 Å². The zero-order valence-corrected chi connectivity index (χ0v) is 11.6. The summed E-state index contributed by atoms with van der Waals surface area (Å²) in [4.78, 5) is 2.03. The van der Waals surface area contributed by atoms with Gasteiger partial charge in [-0.05, 0) is 37.6 Å². The van der Waals surface area contributed by atoms with Crippen LogP contribution < -0.4 is 10.6 Å². The van der Waals surface area contributed by atoms with Gasteiger partial charge >= 0.3 is 6.18 Å². The molecule has 1 aliphatic rings. The predicted molar refractivity (Wildman–Crippen MR) is 71.6 cm³/mol. The molecule has 1 heterocycles. The van der Waals surface area contributed by atoms with E-state index in [2.05, 4.69) is 0 Å². The van der Waals surface area contributed by atoms with Crippen LogP contribution in [0, 0.1) is 0 Å². The Morgan fingerprint density at radius 1 is 1.35 bits per heavy atom. The molecule has 1 saturated heterocycles. The molecule has 0 saturated carbocycles. The Hall–Kier alpha value is -1.27. The lowest BCUT2D eigenvalue weighted by Crippen LogP contribution is -2.48. The van der Waals surface area contributed by atoms with E-state index >= 15 is 0 Å². The molecule has 6 heteroatoms. The Labute approximate surface area is 116 Å². The zero-order valence-electron chi connectivity index (χ0n) is 11.6. The molecule has 0 spiro atoms. The van der Waals surface area contributed by atoms with Gasteiger partial charge in [0.25, 0.3) is 0 Å². The minimum Gasteiger partial charge on any atom is -0.372 e. The number of halogens is 3. The van der Waals surface area contributed by atoms with Crippen molar-refractivity contribution in [2.75, 3.05) is 24.6 Å². The van der Waals surface area contributed by atoms with Gasteiger partial charge < -0.3 is 15.4 Å². The van der Waals surface area contributed by atoms with Gasteiger partial charge in [0.05, 0.1) is 17.8 Å². The molecule has 1 fully saturated rings. The number of anilines is 1. The van der Waals surface area contributed by atoms with Gasteiger partial charge in [0.15, 0.2) is 0 Å². The molecule has 20 heavy (non-hydrogen) atoms. The average molecular weight is 288 g/mol. The number of rotatable bonds is 2. The van der Waals surface area contributed by atoms with E-state index in [9.17, 15) is 13.2 Å². The van der Waals surface area contributed by atoms with Crippen molar-refractivity contribution in [3.05, 3.63) is 29.3 Å². The molecule has 0 atom stereocenters. The molecule has 0 bridgehead atoms. The van der Waals surface area contributed by atoms with Crippen molar-refractivity contribution in [3.8, 4) is 0 Å². The third-order valence-corrected chi connectivity index (χ3v) is 3.40. The number of nitrogens with zero attached hydrogens (tertiary/aromatic N) is 1. The summed E-state index contributed by atoms with van der Waals surface area (Å²) in [5, 5.41) is 0. The first kappa shape index (κ1) is 15.1. The van der Waals surface area contributed by atoms with Crippen LogP contribution in [0.3, 0.4) is 0 Å². The number of alkyl halides is 3. The standard InChI is InChI=1S/C14H19F3N2O/c1-13(2)9-19(5-6-20-13)11-3-4-12(14(15,16)17)10(7-11)8-18/h3-4,7H,5-6,8-9,18H2,1-2H3. The van der Waals surface area contributed by atoms with Crippen LogP contribution in [0.4, 0.5) is 18.9 Å². The highest BCUT2D eigenvalue weighted by atomic mass is 19.4. The number of ether oxygens (including phenoxy) is 1. The molecule has 1 aliphatic heterocycles. The summed E-state index contributed by atoms with van der Waals surface area (Å²) < 4.78 is 44.1. The highest BCUT2D eigenvalue weighted by Gasteiger charge is 2.34. The average Bonchev–Trinajstić information content (AvgIpc) is 2.35. The van der Waals surface area contributed by atoms with E-state index < -0.39 is 11.7 Å². The Balaban J connectivity index is 2.30. The number of morpholine rings is 1. The van der Waals surface area contributed by atoms with E-state index in [0.29, 0.717) is 19.7 Å². The van der Waals surface area contributed by atoms with Crippen LogP contribution in [-0.4, -0.2) is 25.3 Å². The molecule has 2 rings (SSSR count). The fraction of sp³-hybridized carbons (Fsp3) is 0.571. The summed E-state index contributed by atoms with van der Waals surface area (Å²) in [6, 6.07) is 4.15. The highest BCUT2D eigenvalue weighted by molar-refractivity contribution is 5.52. The molecule has 2 N–H and O–H groups in total. The molecule has 0 aliphatic carbocycles. The molecule has 1 aromatic carbocycles. The molecule has 0 aromatic heterocycles. The number of hydrogen-bond acceptors (Lipinski definition) is 3. The van der Waals surface area contributed by atoms with Gasteiger partial charge in [0.1, 0.15) is 0 Å². The fourth-order valence-electron chi connectivity index (χ4n) is 2.46. The van der Waals surface area contributed by atoms with Crippen molar-refractivity contribution in [2.45, 2.75) is 32.2 Å². The highest BCUT2D eigenvalue weighted by Crippen LogP contribution is 2.34. The maximum atomic E-state index is 12.8. The largest absolute Gasteiger partial charge is 0.416 e. The maximum absolute atomic E-state index is 12.8. The Morgan fingerprint density at radius 2 is 2.05 bits per heavy atom. The first-order chi connectivity index (χ1) is 9.23. The van der Waals surface area contributed by atoms with Crippen molar-refractivity contribution in [1.82, 2.24) is 0 Å². The van der Waals surface area contributed by atoms with E-state index in [-0.39, 0.29) is 17.7 Å². The van der Waals surface area contributed by atoms with Crippen LogP contribution >= 0.6 is 0 Å². The third kappa shape index (κ3) is 3.24. The van der Waals surface area contributed by atoms with Crippen molar-refractivity contribution in [1.29, 1.82) is 0 Å². The van der Waals surface area contributed by atoms with Gasteiger partial charge in [-0.25, -0.2) is 0 Å². The second-order valence-electron chi connectivity index (χ2n) is 5.57. The number of nitrogens with two attached hydrogens (primary N) is 1. The molecule has 0 radical (unpaired) electrons. The van der Waals surface area contributed by atoms with E-state index in [1.54, 1.807) is 0 Å². The van der Waals surface area contributed by atoms with Crippen LogP contribution in [0.15, 0.2) is 18.2 Å². The molecule has 0 amide bonds. The van der Waals surface area contributed by atoms with Crippen LogP contribution in [0.2, 0.25) is 0 Å². The number of benzene rings is 1. The van der Waals surface area contributed by atoms with Gasteiger partial charge in [-0.2, -0.15) is 13.2 Å². The van der Waals surface area contributed by atoms with Crippen LogP contribution in [-0.2, 0) is 17.5 Å². The Kier molecular flexibility index (Phi) is 3.97. The van der Waals surface area contributed by atoms with E-state index in [1.807, 2.05) is 18.7 Å². The minimum absolute atomic E-state index is 0.124. The van der Waals surface area contributed by atoms with Crippen LogP contribution in [0.5, 0.6) is 0 Å². The monoisotopic (exact) mass is 288 g/mol. The van der Waals surface area contributed by atoms with Crippen LogP contribution in [0.1, 0.15) is 25.0 Å². The van der Waals surface area contributed by atoms with E-state index in [4.69, 9.17) is 10.5 Å². The van der Waals surface area contributed by atoms with Gasteiger partial charge in [0.2, 0.25) is 0 Å². The summed E-state index contributed by atoms with van der Waals surface area (Å²) in [5.41, 5.74) is 5.38. The minimum atomic E-state index is -4.36. The summed E-state index contributed by atoms with van der Waals surface area (Å²) in [7, 11) is 0. The summed E-state index contributed by atoms with van der Waals surface area (Å²) in [6.45, 7) is 5.67. The molecule has 112 valence electrons. The van der Waals surface area contributed by atoms with E-state index in [0.717, 1.165) is 11.8 Å². The van der Waals surface area contributed by atoms with Gasteiger partial charge in [-0.3, -0.25) is 0 Å². The topological polar surface area (TPSA) is 38.5 Å². The number of hydrogen-bond donors (Lipinski definition) is 1. The summed E-state index contributed by atoms with van der Waals surface area (Å²) in [5.74, 6) is 0. The first-order valence-corrected chi connectivity index (χ1v) is 6.52. The second kappa shape index (κ2) is 5.26. The van der Waals surface area contributed by atoms with Gasteiger partial charge in [-0.15, -0.1) is 0 Å². The molecular formula is C14H19F3N2O. The normalized spacial score (nSPS) is 19.2.